The lowest BCUT2D eigenvalue weighted by atomic mass is 9.79. The Morgan fingerprint density at radius 2 is 2.08 bits per heavy atom. The van der Waals surface area contributed by atoms with Gasteiger partial charge in [0.25, 0.3) is 0 Å². The van der Waals surface area contributed by atoms with Gasteiger partial charge in [0.15, 0.2) is 5.78 Å². The number of carbonyl (C=O) groups excluding carboxylic acids is 2. The summed E-state index contributed by atoms with van der Waals surface area (Å²) < 4.78 is 40.7. The number of hydrogen-bond acceptors (Lipinski definition) is 5. The van der Waals surface area contributed by atoms with E-state index in [1.165, 1.54) is 29.7 Å². The van der Waals surface area contributed by atoms with Gasteiger partial charge >= 0.3 is 12.2 Å². The molecule has 0 aromatic carbocycles. The van der Waals surface area contributed by atoms with Crippen LogP contribution in [0.3, 0.4) is 0 Å². The minimum Gasteiger partial charge on any atom is -0.363 e. The predicted molar refractivity (Wildman–Crippen MR) is 81.8 cm³/mol. The molecule has 1 aliphatic heterocycles. The van der Waals surface area contributed by atoms with Gasteiger partial charge in [-0.15, -0.1) is 11.3 Å². The van der Waals surface area contributed by atoms with E-state index in [9.17, 15) is 27.9 Å². The van der Waals surface area contributed by atoms with E-state index >= 15 is 0 Å². The summed E-state index contributed by atoms with van der Waals surface area (Å²) >= 11 is 1.07. The summed E-state index contributed by atoms with van der Waals surface area (Å²) in [5.74, 6) is -3.01. The van der Waals surface area contributed by atoms with Crippen molar-refractivity contribution in [3.05, 3.63) is 52.5 Å². The molecule has 2 aromatic rings. The number of thiophene rings is 1. The lowest BCUT2D eigenvalue weighted by Crippen LogP contribution is -2.72. The first-order chi connectivity index (χ1) is 11.7. The number of hydrogen-bond donors (Lipinski definition) is 3. The minimum atomic E-state index is -5.26. The fraction of sp³-hybridized carbons (Fsp3) is 0.267. The second kappa shape index (κ2) is 6.12. The highest BCUT2D eigenvalue weighted by Crippen LogP contribution is 2.44. The highest BCUT2D eigenvalue weighted by atomic mass is 32.1. The molecule has 1 fully saturated rings. The zero-order valence-corrected chi connectivity index (χ0v) is 13.3. The molecular weight excluding hydrogens is 359 g/mol. The van der Waals surface area contributed by atoms with Crippen LogP contribution in [-0.2, 0) is 0 Å². The van der Waals surface area contributed by atoms with Crippen LogP contribution in [0.1, 0.15) is 21.3 Å². The van der Waals surface area contributed by atoms with Gasteiger partial charge in [0.05, 0.1) is 6.04 Å². The highest BCUT2D eigenvalue weighted by Gasteiger charge is 2.66. The first-order valence-corrected chi connectivity index (χ1v) is 7.97. The topological polar surface area (TPSA) is 91.3 Å². The van der Waals surface area contributed by atoms with Crippen molar-refractivity contribution in [3.8, 4) is 0 Å². The zero-order valence-electron chi connectivity index (χ0n) is 12.4. The van der Waals surface area contributed by atoms with Crippen molar-refractivity contribution in [1.29, 1.82) is 0 Å². The molecule has 0 radical (unpaired) electrons. The SMILES string of the molecule is O=C1N[C@H](c2cccs2)[C@@H](C(=O)c2cccnc2)[C@@](O)(C(F)(F)F)N1. The maximum absolute atomic E-state index is 13.6. The van der Waals surface area contributed by atoms with Gasteiger partial charge in [-0.25, -0.2) is 4.79 Å². The van der Waals surface area contributed by atoms with Crippen LogP contribution in [0, 0.1) is 5.92 Å². The van der Waals surface area contributed by atoms with E-state index in [1.54, 1.807) is 11.4 Å². The van der Waals surface area contributed by atoms with Crippen LogP contribution in [0.2, 0.25) is 0 Å². The molecule has 0 bridgehead atoms. The largest absolute Gasteiger partial charge is 0.437 e. The second-order valence-corrected chi connectivity index (χ2v) is 6.42. The van der Waals surface area contributed by atoms with Gasteiger partial charge in [-0.05, 0) is 23.6 Å². The van der Waals surface area contributed by atoms with Crippen LogP contribution in [0.4, 0.5) is 18.0 Å². The van der Waals surface area contributed by atoms with Gasteiger partial charge in [-0.3, -0.25) is 9.78 Å². The Morgan fingerprint density at radius 3 is 2.64 bits per heavy atom. The molecule has 2 aromatic heterocycles. The van der Waals surface area contributed by atoms with Crippen molar-refractivity contribution in [2.45, 2.75) is 17.9 Å². The number of nitrogens with one attached hydrogen (secondary N) is 2. The summed E-state index contributed by atoms with van der Waals surface area (Å²) in [5.41, 5.74) is -3.81. The molecule has 0 unspecified atom stereocenters. The van der Waals surface area contributed by atoms with Crippen molar-refractivity contribution < 1.29 is 27.9 Å². The van der Waals surface area contributed by atoms with Crippen molar-refractivity contribution >= 4 is 23.2 Å². The molecule has 3 rings (SSSR count). The molecule has 0 saturated carbocycles. The number of pyridine rings is 1. The molecule has 1 aliphatic rings. The Hall–Kier alpha value is -2.46. The summed E-state index contributed by atoms with van der Waals surface area (Å²) in [6.07, 6.45) is -2.78. The van der Waals surface area contributed by atoms with Crippen LogP contribution < -0.4 is 10.6 Å². The third-order valence-corrected chi connectivity index (χ3v) is 4.84. The monoisotopic (exact) mass is 371 g/mol. The minimum absolute atomic E-state index is 0.102. The molecule has 25 heavy (non-hydrogen) atoms. The van der Waals surface area contributed by atoms with Crippen LogP contribution in [-0.4, -0.2) is 33.8 Å². The van der Waals surface area contributed by atoms with Gasteiger partial charge in [0.2, 0.25) is 5.72 Å². The maximum atomic E-state index is 13.6. The first kappa shape index (κ1) is 17.4. The number of nitrogens with zero attached hydrogens (tertiary/aromatic N) is 1. The highest BCUT2D eigenvalue weighted by molar-refractivity contribution is 7.10. The van der Waals surface area contributed by atoms with Crippen LogP contribution >= 0.6 is 11.3 Å². The molecule has 10 heteroatoms. The number of urea groups is 1. The summed E-state index contributed by atoms with van der Waals surface area (Å²) in [7, 11) is 0. The fourth-order valence-electron chi connectivity index (χ4n) is 2.73. The predicted octanol–water partition coefficient (Wildman–Crippen LogP) is 2.25. The van der Waals surface area contributed by atoms with Crippen molar-refractivity contribution in [2.75, 3.05) is 0 Å². The smallest absolute Gasteiger partial charge is 0.363 e. The molecule has 1 saturated heterocycles. The Morgan fingerprint density at radius 1 is 1.32 bits per heavy atom. The standard InChI is InChI=1S/C15H12F3N3O3S/c16-15(17,18)14(24)10(12(22)8-3-1-5-19-7-8)11(20-13(23)21-14)9-4-2-6-25-9/h1-7,10-11,24H,(H2,20,21,23)/t10-,11+,14+/m0/s1. The third-order valence-electron chi connectivity index (χ3n) is 3.88. The quantitative estimate of drug-likeness (QED) is 0.722. The lowest BCUT2D eigenvalue weighted by Gasteiger charge is -2.44. The van der Waals surface area contributed by atoms with E-state index < -0.39 is 35.7 Å². The number of rotatable bonds is 3. The molecule has 2 amide bonds. The van der Waals surface area contributed by atoms with Crippen LogP contribution in [0.25, 0.3) is 0 Å². The van der Waals surface area contributed by atoms with Crippen LogP contribution in [0.5, 0.6) is 0 Å². The normalized spacial score (nSPS) is 26.6. The van der Waals surface area contributed by atoms with Crippen molar-refractivity contribution in [3.63, 3.8) is 0 Å². The summed E-state index contributed by atoms with van der Waals surface area (Å²) in [6, 6.07) is 3.21. The number of halogens is 3. The number of amides is 2. The Labute approximate surface area is 143 Å². The van der Waals surface area contributed by atoms with Crippen molar-refractivity contribution in [1.82, 2.24) is 15.6 Å². The number of aliphatic hydroxyl groups is 1. The zero-order chi connectivity index (χ0) is 18.2. The van der Waals surface area contributed by atoms with E-state index in [-0.39, 0.29) is 5.56 Å². The van der Waals surface area contributed by atoms with Crippen LogP contribution in [0.15, 0.2) is 42.0 Å². The molecule has 3 atom stereocenters. The number of ketones is 1. The Balaban J connectivity index is 2.14. The number of alkyl halides is 3. The number of aromatic nitrogens is 1. The molecule has 3 N–H and O–H groups in total. The van der Waals surface area contributed by atoms with Gasteiger partial charge in [-0.1, -0.05) is 6.07 Å². The second-order valence-electron chi connectivity index (χ2n) is 5.44. The molecular formula is C15H12F3N3O3S. The van der Waals surface area contributed by atoms with Gasteiger partial charge in [-0.2, -0.15) is 13.2 Å². The third kappa shape index (κ3) is 2.98. The molecule has 3 heterocycles. The van der Waals surface area contributed by atoms with Gasteiger partial charge in [0, 0.05) is 22.8 Å². The van der Waals surface area contributed by atoms with E-state index in [0.29, 0.717) is 4.88 Å². The maximum Gasteiger partial charge on any atom is 0.437 e. The summed E-state index contributed by atoms with van der Waals surface area (Å²) in [6.45, 7) is 0. The Kier molecular flexibility index (Phi) is 4.25. The number of carbonyl (C=O) groups is 2. The molecule has 0 aliphatic carbocycles. The molecule has 6 nitrogen and oxygen atoms in total. The fourth-order valence-corrected chi connectivity index (χ4v) is 3.55. The average molecular weight is 371 g/mol. The van der Waals surface area contributed by atoms with E-state index in [0.717, 1.165) is 17.5 Å². The Bertz CT molecular complexity index is 782. The van der Waals surface area contributed by atoms with E-state index in [1.807, 2.05) is 0 Å². The lowest BCUT2D eigenvalue weighted by molar-refractivity contribution is -0.287. The molecule has 0 spiro atoms. The summed E-state index contributed by atoms with van der Waals surface area (Å²) in [4.78, 5) is 28.6. The van der Waals surface area contributed by atoms with Gasteiger partial charge in [0.1, 0.15) is 5.92 Å². The van der Waals surface area contributed by atoms with Crippen molar-refractivity contribution in [2.24, 2.45) is 5.92 Å². The number of Topliss-reactive ketones (excluding diaryl/α,β-unsaturated/α-hetero) is 1. The average Bonchev–Trinajstić information content (AvgIpc) is 3.08. The first-order valence-electron chi connectivity index (χ1n) is 7.09. The van der Waals surface area contributed by atoms with Gasteiger partial charge < -0.3 is 15.7 Å². The van der Waals surface area contributed by atoms with E-state index in [4.69, 9.17) is 0 Å². The molecule has 132 valence electrons. The summed E-state index contributed by atoms with van der Waals surface area (Å²) in [5, 5.41) is 15.7. The van der Waals surface area contributed by atoms with E-state index in [2.05, 4.69) is 10.3 Å².